The highest BCUT2D eigenvalue weighted by Crippen LogP contribution is 2.17. The maximum atomic E-state index is 12.2. The first-order valence-electron chi connectivity index (χ1n) is 8.84. The van der Waals surface area contributed by atoms with Crippen molar-refractivity contribution in [3.8, 4) is 11.8 Å². The van der Waals surface area contributed by atoms with E-state index in [0.717, 1.165) is 0 Å². The molecule has 0 N–H and O–H groups in total. The van der Waals surface area contributed by atoms with Crippen molar-refractivity contribution in [1.82, 2.24) is 0 Å². The molecule has 0 aliphatic carbocycles. The van der Waals surface area contributed by atoms with Gasteiger partial charge in [0.1, 0.15) is 0 Å². The van der Waals surface area contributed by atoms with Crippen LogP contribution in [0.15, 0.2) is 24.3 Å². The highest BCUT2D eigenvalue weighted by atomic mass is 16.6. The monoisotopic (exact) mass is 374 g/mol. The van der Waals surface area contributed by atoms with Crippen molar-refractivity contribution in [3.63, 3.8) is 0 Å². The molecule has 0 saturated heterocycles. The Labute approximate surface area is 160 Å². The van der Waals surface area contributed by atoms with Crippen LogP contribution in [0.25, 0.3) is 0 Å². The van der Waals surface area contributed by atoms with Crippen LogP contribution < -0.4 is 0 Å². The van der Waals surface area contributed by atoms with Crippen molar-refractivity contribution in [2.75, 3.05) is 13.2 Å². The number of carbonyl (C=O) groups excluding carboxylic acids is 3. The smallest absolute Gasteiger partial charge is 0.320 e. The molecule has 0 aromatic heterocycles. The first kappa shape index (κ1) is 22.2. The van der Waals surface area contributed by atoms with Crippen LogP contribution in [0.3, 0.4) is 0 Å². The summed E-state index contributed by atoms with van der Waals surface area (Å²) in [5.41, 5.74) is 0.381. The van der Waals surface area contributed by atoms with Crippen LogP contribution in [0.5, 0.6) is 0 Å². The summed E-state index contributed by atoms with van der Waals surface area (Å²) in [4.78, 5) is 35.6. The van der Waals surface area contributed by atoms with Crippen LogP contribution in [-0.4, -0.2) is 36.7 Å². The zero-order chi connectivity index (χ0) is 20.4. The summed E-state index contributed by atoms with van der Waals surface area (Å²) in [6, 6.07) is 7.16. The number of carbonyl (C=O) groups is 3. The minimum Gasteiger partial charge on any atom is -0.465 e. The molecular formula is C21H26O6. The molecule has 6 heteroatoms. The first-order valence-corrected chi connectivity index (χ1v) is 8.84. The third-order valence-corrected chi connectivity index (χ3v) is 3.48. The van der Waals surface area contributed by atoms with Gasteiger partial charge in [-0.1, -0.05) is 30.0 Å². The Balaban J connectivity index is 3.14. The van der Waals surface area contributed by atoms with E-state index in [-0.39, 0.29) is 19.6 Å². The Morgan fingerprint density at radius 1 is 1.04 bits per heavy atom. The minimum absolute atomic E-state index is 0.108. The van der Waals surface area contributed by atoms with Crippen molar-refractivity contribution in [1.29, 1.82) is 0 Å². The lowest BCUT2D eigenvalue weighted by Crippen LogP contribution is -2.30. The second kappa shape index (κ2) is 10.4. The fraction of sp³-hybridized carbons (Fsp3) is 0.476. The average Bonchev–Trinajstić information content (AvgIpc) is 2.58. The van der Waals surface area contributed by atoms with Gasteiger partial charge in [0.2, 0.25) is 0 Å². The highest BCUT2D eigenvalue weighted by Gasteiger charge is 2.30. The molecule has 0 amide bonds. The number of ether oxygens (including phenoxy) is 3. The van der Waals surface area contributed by atoms with Crippen molar-refractivity contribution in [3.05, 3.63) is 35.4 Å². The Kier molecular flexibility index (Phi) is 8.53. The van der Waals surface area contributed by atoms with Crippen LogP contribution in [-0.2, 0) is 35.0 Å². The topological polar surface area (TPSA) is 78.9 Å². The minimum atomic E-state index is -1.06. The van der Waals surface area contributed by atoms with Gasteiger partial charge < -0.3 is 14.2 Å². The highest BCUT2D eigenvalue weighted by molar-refractivity contribution is 5.95. The van der Waals surface area contributed by atoms with Gasteiger partial charge in [-0.25, -0.2) is 0 Å². The lowest BCUT2D eigenvalue weighted by atomic mass is 9.95. The van der Waals surface area contributed by atoms with E-state index in [2.05, 4.69) is 11.8 Å². The molecule has 0 spiro atoms. The van der Waals surface area contributed by atoms with E-state index in [1.165, 1.54) is 6.92 Å². The Morgan fingerprint density at radius 2 is 1.59 bits per heavy atom. The molecule has 1 rings (SSSR count). The molecule has 1 aromatic carbocycles. The van der Waals surface area contributed by atoms with E-state index in [4.69, 9.17) is 14.2 Å². The van der Waals surface area contributed by atoms with Gasteiger partial charge in [-0.2, -0.15) is 0 Å². The van der Waals surface area contributed by atoms with E-state index in [9.17, 15) is 14.4 Å². The molecule has 27 heavy (non-hydrogen) atoms. The number of benzene rings is 1. The second-order valence-corrected chi connectivity index (χ2v) is 6.27. The van der Waals surface area contributed by atoms with Crippen LogP contribution in [0.4, 0.5) is 0 Å². The summed E-state index contributed by atoms with van der Waals surface area (Å²) in [5.74, 6) is 3.14. The molecule has 0 aliphatic rings. The third kappa shape index (κ3) is 7.53. The quantitative estimate of drug-likeness (QED) is 0.316. The van der Waals surface area contributed by atoms with Gasteiger partial charge in [0.15, 0.2) is 11.5 Å². The summed E-state index contributed by atoms with van der Waals surface area (Å²) < 4.78 is 15.2. The summed E-state index contributed by atoms with van der Waals surface area (Å²) in [6.45, 7) is 8.39. The largest absolute Gasteiger partial charge is 0.465 e. The Hall–Kier alpha value is -2.81. The van der Waals surface area contributed by atoms with Crippen molar-refractivity contribution >= 4 is 17.9 Å². The van der Waals surface area contributed by atoms with Gasteiger partial charge in [0.25, 0.3) is 0 Å². The summed E-state index contributed by atoms with van der Waals surface area (Å²) in [6.07, 6.45) is 0.108. The normalized spacial score (nSPS) is 10.6. The summed E-state index contributed by atoms with van der Waals surface area (Å²) in [5, 5.41) is 0. The van der Waals surface area contributed by atoms with Gasteiger partial charge in [-0.3, -0.25) is 14.4 Å². The van der Waals surface area contributed by atoms with Gasteiger partial charge >= 0.3 is 17.9 Å². The van der Waals surface area contributed by atoms with Gasteiger partial charge in [-0.05, 0) is 45.7 Å². The van der Waals surface area contributed by atoms with E-state index in [1.807, 2.05) is 0 Å². The zero-order valence-electron chi connectivity index (χ0n) is 16.5. The predicted molar refractivity (Wildman–Crippen MR) is 99.6 cm³/mol. The van der Waals surface area contributed by atoms with E-state index in [0.29, 0.717) is 11.1 Å². The molecule has 0 radical (unpaired) electrons. The van der Waals surface area contributed by atoms with Crippen molar-refractivity contribution in [2.45, 2.75) is 46.6 Å². The first-order chi connectivity index (χ1) is 12.7. The molecule has 0 saturated carbocycles. The lowest BCUT2D eigenvalue weighted by molar-refractivity contribution is -0.161. The van der Waals surface area contributed by atoms with Crippen molar-refractivity contribution in [2.24, 2.45) is 5.92 Å². The zero-order valence-corrected chi connectivity index (χ0v) is 16.5. The fourth-order valence-corrected chi connectivity index (χ4v) is 2.39. The molecule has 6 nitrogen and oxygen atoms in total. The summed E-state index contributed by atoms with van der Waals surface area (Å²) >= 11 is 0. The molecule has 1 aromatic rings. The number of hydrogen-bond donors (Lipinski definition) is 0. The van der Waals surface area contributed by atoms with Gasteiger partial charge in [-0.15, -0.1) is 0 Å². The number of hydrogen-bond acceptors (Lipinski definition) is 6. The molecule has 0 bridgehead atoms. The number of rotatable bonds is 7. The standard InChI is InChI=1S/C21H26O6/c1-6-25-19(23)18(20(24)26-7-2)14-17-11-9-8-10-16(17)12-13-21(4,5)27-15(3)22/h8-11,18H,6-7,14H2,1-5H3. The fourth-order valence-electron chi connectivity index (χ4n) is 2.39. The van der Waals surface area contributed by atoms with Crippen LogP contribution >= 0.6 is 0 Å². The SMILES string of the molecule is CCOC(=O)C(Cc1ccccc1C#CC(C)(C)OC(C)=O)C(=O)OCC. The molecule has 146 valence electrons. The molecular weight excluding hydrogens is 348 g/mol. The Morgan fingerprint density at radius 3 is 2.11 bits per heavy atom. The molecule has 0 unspecified atom stereocenters. The second-order valence-electron chi connectivity index (χ2n) is 6.27. The maximum absolute atomic E-state index is 12.2. The van der Waals surface area contributed by atoms with Crippen LogP contribution in [0, 0.1) is 17.8 Å². The van der Waals surface area contributed by atoms with Crippen LogP contribution in [0.1, 0.15) is 45.7 Å². The van der Waals surface area contributed by atoms with Crippen LogP contribution in [0.2, 0.25) is 0 Å². The summed E-state index contributed by atoms with van der Waals surface area (Å²) in [7, 11) is 0. The maximum Gasteiger partial charge on any atom is 0.320 e. The molecule has 0 atom stereocenters. The average molecular weight is 374 g/mol. The van der Waals surface area contributed by atoms with E-state index in [1.54, 1.807) is 52.0 Å². The van der Waals surface area contributed by atoms with Crippen molar-refractivity contribution < 1.29 is 28.6 Å². The molecule has 0 aliphatic heterocycles. The lowest BCUT2D eigenvalue weighted by Gasteiger charge is -2.17. The molecule has 0 fully saturated rings. The third-order valence-electron chi connectivity index (χ3n) is 3.48. The number of esters is 3. The van der Waals surface area contributed by atoms with Gasteiger partial charge in [0, 0.05) is 12.5 Å². The van der Waals surface area contributed by atoms with E-state index >= 15 is 0 Å². The Bertz CT molecular complexity index is 721. The molecule has 0 heterocycles. The van der Waals surface area contributed by atoms with E-state index < -0.39 is 29.4 Å². The van der Waals surface area contributed by atoms with Gasteiger partial charge in [0.05, 0.1) is 13.2 Å². The predicted octanol–water partition coefficient (Wildman–Crippen LogP) is 2.66.